The molecular formula is C24H21N5. The third kappa shape index (κ3) is 2.91. The van der Waals surface area contributed by atoms with E-state index in [2.05, 4.69) is 80.1 Å². The van der Waals surface area contributed by atoms with Crippen molar-refractivity contribution < 1.29 is 0 Å². The lowest BCUT2D eigenvalue weighted by Gasteiger charge is -2.26. The molecule has 142 valence electrons. The zero-order valence-electron chi connectivity index (χ0n) is 15.9. The lowest BCUT2D eigenvalue weighted by atomic mass is 9.95. The highest BCUT2D eigenvalue weighted by molar-refractivity contribution is 5.90. The first kappa shape index (κ1) is 16.5. The van der Waals surface area contributed by atoms with Crippen LogP contribution in [0.25, 0.3) is 44.3 Å². The lowest BCUT2D eigenvalue weighted by Crippen LogP contribution is -2.43. The minimum absolute atomic E-state index is 0.705. The van der Waals surface area contributed by atoms with Gasteiger partial charge in [-0.3, -0.25) is 5.10 Å². The van der Waals surface area contributed by atoms with E-state index in [4.69, 9.17) is 0 Å². The molecule has 1 aliphatic heterocycles. The highest BCUT2D eigenvalue weighted by atomic mass is 15.1. The maximum atomic E-state index is 4.68. The van der Waals surface area contributed by atoms with Gasteiger partial charge in [0.25, 0.3) is 0 Å². The number of fused-ring (bicyclic) bond motifs is 2. The van der Waals surface area contributed by atoms with E-state index in [0.717, 1.165) is 47.3 Å². The summed E-state index contributed by atoms with van der Waals surface area (Å²) < 4.78 is 0. The van der Waals surface area contributed by atoms with Crippen molar-refractivity contribution in [1.82, 2.24) is 25.5 Å². The Labute approximate surface area is 168 Å². The Kier molecular flexibility index (Phi) is 3.74. The third-order valence-electron chi connectivity index (χ3n) is 5.88. The molecule has 29 heavy (non-hydrogen) atoms. The van der Waals surface area contributed by atoms with E-state index < -0.39 is 0 Å². The molecule has 5 heteroatoms. The molecule has 0 unspecified atom stereocenters. The fourth-order valence-corrected chi connectivity index (χ4v) is 4.13. The topological polar surface area (TPSA) is 69.4 Å². The first-order valence-electron chi connectivity index (χ1n) is 10.1. The zero-order valence-corrected chi connectivity index (χ0v) is 15.9. The Morgan fingerprint density at radius 1 is 0.897 bits per heavy atom. The van der Waals surface area contributed by atoms with Gasteiger partial charge in [0.15, 0.2) is 0 Å². The first-order chi connectivity index (χ1) is 14.3. The highest BCUT2D eigenvalue weighted by Gasteiger charge is 2.19. The normalized spacial score (nSPS) is 14.5. The summed E-state index contributed by atoms with van der Waals surface area (Å²) in [7, 11) is 0. The minimum atomic E-state index is 0.705. The van der Waals surface area contributed by atoms with Crippen LogP contribution in [0.3, 0.4) is 0 Å². The number of aromatic amines is 2. The standard InChI is InChI=1S/C24H21N5/c1-2-4-16(5-3-1)22-11-18-9-19(14-26-24(18)27-22)17-6-7-21-20(10-17)23(29-28-21)8-15-12-25-13-15/h1-7,9-11,14-15,25H,8,12-13H2,(H,26,27)(H,28,29). The summed E-state index contributed by atoms with van der Waals surface area (Å²) in [5.41, 5.74) is 7.72. The van der Waals surface area contributed by atoms with Crippen molar-refractivity contribution in [3.63, 3.8) is 0 Å². The molecule has 6 rings (SSSR count). The van der Waals surface area contributed by atoms with E-state index >= 15 is 0 Å². The van der Waals surface area contributed by atoms with Gasteiger partial charge in [0.1, 0.15) is 5.65 Å². The van der Waals surface area contributed by atoms with Gasteiger partial charge in [0.2, 0.25) is 0 Å². The van der Waals surface area contributed by atoms with E-state index in [9.17, 15) is 0 Å². The molecule has 5 nitrogen and oxygen atoms in total. The Bertz CT molecular complexity index is 1310. The molecule has 0 atom stereocenters. The van der Waals surface area contributed by atoms with E-state index in [1.807, 2.05) is 12.3 Å². The summed E-state index contributed by atoms with van der Waals surface area (Å²) in [6.07, 6.45) is 2.99. The Hall–Kier alpha value is -3.44. The molecule has 0 bridgehead atoms. The van der Waals surface area contributed by atoms with Crippen LogP contribution in [-0.4, -0.2) is 33.3 Å². The largest absolute Gasteiger partial charge is 0.339 e. The predicted octanol–water partition coefficient (Wildman–Crippen LogP) is 4.54. The number of rotatable bonds is 4. The summed E-state index contributed by atoms with van der Waals surface area (Å²) in [6.45, 7) is 2.19. The Morgan fingerprint density at radius 2 is 1.79 bits per heavy atom. The monoisotopic (exact) mass is 379 g/mol. The van der Waals surface area contributed by atoms with Crippen LogP contribution in [-0.2, 0) is 6.42 Å². The fraction of sp³-hybridized carbons (Fsp3) is 0.167. The summed E-state index contributed by atoms with van der Waals surface area (Å²) in [6, 6.07) is 21.2. The first-order valence-corrected chi connectivity index (χ1v) is 10.1. The SMILES string of the molecule is c1ccc(-c2cc3cc(-c4ccc5n[nH]c(CC6CNC6)c5c4)cnc3[nH]2)cc1. The van der Waals surface area contributed by atoms with Gasteiger partial charge in [-0.1, -0.05) is 36.4 Å². The molecule has 4 heterocycles. The second kappa shape index (κ2) is 6.57. The van der Waals surface area contributed by atoms with Gasteiger partial charge in [-0.05, 0) is 60.8 Å². The van der Waals surface area contributed by atoms with Crippen molar-refractivity contribution in [2.24, 2.45) is 5.92 Å². The Morgan fingerprint density at radius 3 is 2.62 bits per heavy atom. The molecular weight excluding hydrogens is 358 g/mol. The van der Waals surface area contributed by atoms with Crippen LogP contribution >= 0.6 is 0 Å². The fourth-order valence-electron chi connectivity index (χ4n) is 4.13. The van der Waals surface area contributed by atoms with Gasteiger partial charge in [-0.15, -0.1) is 0 Å². The summed E-state index contributed by atoms with van der Waals surface area (Å²) >= 11 is 0. The number of hydrogen-bond donors (Lipinski definition) is 3. The van der Waals surface area contributed by atoms with Gasteiger partial charge in [0, 0.05) is 33.9 Å². The summed E-state index contributed by atoms with van der Waals surface area (Å²) in [4.78, 5) is 8.10. The number of benzene rings is 2. The Balaban J connectivity index is 1.39. The van der Waals surface area contributed by atoms with Gasteiger partial charge in [-0.2, -0.15) is 5.10 Å². The second-order valence-corrected chi connectivity index (χ2v) is 7.87. The van der Waals surface area contributed by atoms with Crippen molar-refractivity contribution in [3.05, 3.63) is 72.6 Å². The van der Waals surface area contributed by atoms with Crippen LogP contribution in [0, 0.1) is 5.92 Å². The number of hydrogen-bond acceptors (Lipinski definition) is 3. The number of pyridine rings is 1. The van der Waals surface area contributed by atoms with Crippen LogP contribution in [0.5, 0.6) is 0 Å². The maximum Gasteiger partial charge on any atom is 0.137 e. The van der Waals surface area contributed by atoms with Crippen molar-refractivity contribution in [2.75, 3.05) is 13.1 Å². The predicted molar refractivity (Wildman–Crippen MR) is 117 cm³/mol. The molecule has 5 aromatic rings. The zero-order chi connectivity index (χ0) is 19.2. The van der Waals surface area contributed by atoms with Crippen molar-refractivity contribution in [3.8, 4) is 22.4 Å². The quantitative estimate of drug-likeness (QED) is 0.429. The smallest absolute Gasteiger partial charge is 0.137 e. The molecule has 0 spiro atoms. The van der Waals surface area contributed by atoms with E-state index in [1.54, 1.807) is 0 Å². The van der Waals surface area contributed by atoms with Crippen molar-refractivity contribution in [2.45, 2.75) is 6.42 Å². The van der Waals surface area contributed by atoms with E-state index in [0.29, 0.717) is 5.92 Å². The molecule has 3 N–H and O–H groups in total. The van der Waals surface area contributed by atoms with Gasteiger partial charge >= 0.3 is 0 Å². The lowest BCUT2D eigenvalue weighted by molar-refractivity contribution is 0.344. The number of H-pyrrole nitrogens is 2. The van der Waals surface area contributed by atoms with Gasteiger partial charge in [0.05, 0.1) is 5.52 Å². The second-order valence-electron chi connectivity index (χ2n) is 7.87. The van der Waals surface area contributed by atoms with E-state index in [1.165, 1.54) is 22.2 Å². The van der Waals surface area contributed by atoms with Crippen molar-refractivity contribution in [1.29, 1.82) is 0 Å². The van der Waals surface area contributed by atoms with Crippen LogP contribution < -0.4 is 5.32 Å². The van der Waals surface area contributed by atoms with Crippen LogP contribution in [0.4, 0.5) is 0 Å². The molecule has 2 aromatic carbocycles. The van der Waals surface area contributed by atoms with Crippen LogP contribution in [0.15, 0.2) is 66.9 Å². The third-order valence-corrected chi connectivity index (χ3v) is 5.88. The maximum absolute atomic E-state index is 4.68. The van der Waals surface area contributed by atoms with E-state index in [-0.39, 0.29) is 0 Å². The molecule has 0 amide bonds. The number of nitrogens with one attached hydrogen (secondary N) is 3. The molecule has 1 saturated heterocycles. The molecule has 0 saturated carbocycles. The van der Waals surface area contributed by atoms with Gasteiger partial charge in [-0.25, -0.2) is 4.98 Å². The molecule has 1 aliphatic rings. The summed E-state index contributed by atoms with van der Waals surface area (Å²) in [5, 5.41) is 13.4. The number of nitrogens with zero attached hydrogens (tertiary/aromatic N) is 2. The molecule has 3 aromatic heterocycles. The molecule has 1 fully saturated rings. The average Bonchev–Trinajstić information content (AvgIpc) is 3.34. The number of aromatic nitrogens is 4. The average molecular weight is 379 g/mol. The minimum Gasteiger partial charge on any atom is -0.339 e. The molecule has 0 radical (unpaired) electrons. The van der Waals surface area contributed by atoms with Crippen LogP contribution in [0.1, 0.15) is 5.69 Å². The van der Waals surface area contributed by atoms with Crippen molar-refractivity contribution >= 4 is 21.9 Å². The highest BCUT2D eigenvalue weighted by Crippen LogP contribution is 2.30. The van der Waals surface area contributed by atoms with Crippen LogP contribution in [0.2, 0.25) is 0 Å². The summed E-state index contributed by atoms with van der Waals surface area (Å²) in [5.74, 6) is 0.705. The molecule has 0 aliphatic carbocycles. The van der Waals surface area contributed by atoms with Gasteiger partial charge < -0.3 is 10.3 Å².